The number of likely N-dealkylation sites (tertiary alicyclic amines) is 1. The molecule has 0 radical (unpaired) electrons. The fourth-order valence-corrected chi connectivity index (χ4v) is 3.13. The van der Waals surface area contributed by atoms with Gasteiger partial charge in [-0.3, -0.25) is 14.4 Å². The van der Waals surface area contributed by atoms with Gasteiger partial charge in [-0.05, 0) is 18.9 Å². The standard InChI is InChI=1S/C17H16F3N3O3/c18-17(19,20)9-22-15(25)13-6-3-7-23(13)16(26)12-8-21-14(24)11-5-2-1-4-10(11)12/h1-2,4-5,8,13H,3,6-7,9H2,(H,21,24)(H,22,25). The summed E-state index contributed by atoms with van der Waals surface area (Å²) in [7, 11) is 0. The zero-order chi connectivity index (χ0) is 18.9. The fraction of sp³-hybridized carbons (Fsp3) is 0.353. The van der Waals surface area contributed by atoms with Gasteiger partial charge < -0.3 is 15.2 Å². The Balaban J connectivity index is 1.86. The molecular weight excluding hydrogens is 351 g/mol. The lowest BCUT2D eigenvalue weighted by Crippen LogP contribution is -2.48. The van der Waals surface area contributed by atoms with Crippen LogP contribution in [0.15, 0.2) is 35.3 Å². The van der Waals surface area contributed by atoms with Crippen molar-refractivity contribution in [2.24, 2.45) is 0 Å². The normalized spacial score (nSPS) is 17.5. The number of aromatic nitrogens is 1. The molecule has 0 aliphatic carbocycles. The molecule has 138 valence electrons. The van der Waals surface area contributed by atoms with Gasteiger partial charge in [-0.1, -0.05) is 18.2 Å². The monoisotopic (exact) mass is 367 g/mol. The Morgan fingerprint density at radius 1 is 1.23 bits per heavy atom. The van der Waals surface area contributed by atoms with Crippen molar-refractivity contribution in [1.29, 1.82) is 0 Å². The minimum Gasteiger partial charge on any atom is -0.345 e. The summed E-state index contributed by atoms with van der Waals surface area (Å²) in [5, 5.41) is 2.59. The number of nitrogens with zero attached hydrogens (tertiary/aromatic N) is 1. The van der Waals surface area contributed by atoms with E-state index in [0.717, 1.165) is 0 Å². The second kappa shape index (κ2) is 6.81. The number of pyridine rings is 1. The lowest BCUT2D eigenvalue weighted by molar-refractivity contribution is -0.140. The lowest BCUT2D eigenvalue weighted by Gasteiger charge is -2.24. The molecule has 2 amide bonds. The van der Waals surface area contributed by atoms with Crippen LogP contribution in [0, 0.1) is 0 Å². The van der Waals surface area contributed by atoms with Gasteiger partial charge >= 0.3 is 6.18 Å². The van der Waals surface area contributed by atoms with E-state index in [4.69, 9.17) is 0 Å². The molecule has 1 saturated heterocycles. The first-order valence-corrected chi connectivity index (χ1v) is 8.04. The Morgan fingerprint density at radius 3 is 2.62 bits per heavy atom. The molecule has 6 nitrogen and oxygen atoms in total. The first-order chi connectivity index (χ1) is 12.3. The Kier molecular flexibility index (Phi) is 4.71. The minimum absolute atomic E-state index is 0.204. The predicted octanol–water partition coefficient (Wildman–Crippen LogP) is 1.81. The van der Waals surface area contributed by atoms with E-state index in [1.165, 1.54) is 11.1 Å². The number of nitrogens with one attached hydrogen (secondary N) is 2. The first-order valence-electron chi connectivity index (χ1n) is 8.04. The smallest absolute Gasteiger partial charge is 0.345 e. The molecule has 9 heteroatoms. The van der Waals surface area contributed by atoms with Crippen LogP contribution in [0.4, 0.5) is 13.2 Å². The van der Waals surface area contributed by atoms with Crippen LogP contribution in [-0.2, 0) is 4.79 Å². The second-order valence-corrected chi connectivity index (χ2v) is 6.07. The Bertz CT molecular complexity index is 907. The van der Waals surface area contributed by atoms with Gasteiger partial charge in [-0.25, -0.2) is 0 Å². The summed E-state index contributed by atoms with van der Waals surface area (Å²) in [6.07, 6.45) is -2.44. The first kappa shape index (κ1) is 18.0. The van der Waals surface area contributed by atoms with Gasteiger partial charge in [0.05, 0.1) is 5.56 Å². The summed E-state index contributed by atoms with van der Waals surface area (Å²) in [4.78, 5) is 40.6. The molecule has 1 aliphatic heterocycles. The third-order valence-electron chi connectivity index (χ3n) is 4.32. The van der Waals surface area contributed by atoms with Gasteiger partial charge in [0.25, 0.3) is 11.5 Å². The molecule has 3 rings (SSSR count). The van der Waals surface area contributed by atoms with Crippen LogP contribution in [0.1, 0.15) is 23.2 Å². The summed E-state index contributed by atoms with van der Waals surface area (Å²) in [5.74, 6) is -1.33. The minimum atomic E-state index is -4.52. The number of fused-ring (bicyclic) bond motifs is 1. The van der Waals surface area contributed by atoms with Crippen molar-refractivity contribution in [3.63, 3.8) is 0 Å². The summed E-state index contributed by atoms with van der Waals surface area (Å²) < 4.78 is 36.9. The number of benzene rings is 1. The number of H-pyrrole nitrogens is 1. The topological polar surface area (TPSA) is 82.3 Å². The van der Waals surface area contributed by atoms with E-state index < -0.39 is 30.6 Å². The number of amides is 2. The van der Waals surface area contributed by atoms with Gasteiger partial charge in [-0.15, -0.1) is 0 Å². The van der Waals surface area contributed by atoms with Crippen molar-refractivity contribution < 1.29 is 22.8 Å². The SMILES string of the molecule is O=C(NCC(F)(F)F)C1CCCN1C(=O)c1c[nH]c(=O)c2ccccc12. The zero-order valence-electron chi connectivity index (χ0n) is 13.6. The van der Waals surface area contributed by atoms with E-state index in [0.29, 0.717) is 17.2 Å². The van der Waals surface area contributed by atoms with Crippen LogP contribution in [0.3, 0.4) is 0 Å². The number of rotatable bonds is 3. The largest absolute Gasteiger partial charge is 0.405 e. The van der Waals surface area contributed by atoms with Gasteiger partial charge in [0.1, 0.15) is 12.6 Å². The second-order valence-electron chi connectivity index (χ2n) is 6.07. The molecule has 26 heavy (non-hydrogen) atoms. The molecule has 2 N–H and O–H groups in total. The average molecular weight is 367 g/mol. The van der Waals surface area contributed by atoms with Crippen LogP contribution >= 0.6 is 0 Å². The quantitative estimate of drug-likeness (QED) is 0.868. The van der Waals surface area contributed by atoms with Crippen LogP contribution in [0.5, 0.6) is 0 Å². The number of halogens is 3. The van der Waals surface area contributed by atoms with Gasteiger partial charge in [-0.2, -0.15) is 13.2 Å². The van der Waals surface area contributed by atoms with Gasteiger partial charge in [0.2, 0.25) is 5.91 Å². The highest BCUT2D eigenvalue weighted by Crippen LogP contribution is 2.23. The highest BCUT2D eigenvalue weighted by Gasteiger charge is 2.37. The van der Waals surface area contributed by atoms with Crippen LogP contribution in [0.25, 0.3) is 10.8 Å². The molecule has 1 fully saturated rings. The summed E-state index contributed by atoms with van der Waals surface area (Å²) >= 11 is 0. The van der Waals surface area contributed by atoms with E-state index >= 15 is 0 Å². The summed E-state index contributed by atoms with van der Waals surface area (Å²) in [6.45, 7) is -1.18. The Morgan fingerprint density at radius 2 is 1.92 bits per heavy atom. The van der Waals surface area contributed by atoms with E-state index in [9.17, 15) is 27.6 Å². The molecule has 2 aromatic rings. The molecule has 2 heterocycles. The molecule has 1 aromatic heterocycles. The number of aromatic amines is 1. The van der Waals surface area contributed by atoms with E-state index in [2.05, 4.69) is 4.98 Å². The number of carbonyl (C=O) groups excluding carboxylic acids is 2. The zero-order valence-corrected chi connectivity index (χ0v) is 13.6. The third-order valence-corrected chi connectivity index (χ3v) is 4.32. The third kappa shape index (κ3) is 3.56. The molecule has 0 spiro atoms. The number of hydrogen-bond donors (Lipinski definition) is 2. The van der Waals surface area contributed by atoms with Crippen LogP contribution in [-0.4, -0.2) is 47.0 Å². The summed E-state index contributed by atoms with van der Waals surface area (Å²) in [6, 6.07) is 5.57. The lowest BCUT2D eigenvalue weighted by atomic mass is 10.1. The molecule has 1 unspecified atom stereocenters. The maximum absolute atomic E-state index is 12.9. The molecule has 1 aliphatic rings. The number of alkyl halides is 3. The van der Waals surface area contributed by atoms with Gasteiger partial charge in [0.15, 0.2) is 0 Å². The number of hydrogen-bond acceptors (Lipinski definition) is 3. The fourth-order valence-electron chi connectivity index (χ4n) is 3.13. The average Bonchev–Trinajstić information content (AvgIpc) is 3.09. The van der Waals surface area contributed by atoms with E-state index in [1.54, 1.807) is 24.3 Å². The molecule has 0 bridgehead atoms. The highest BCUT2D eigenvalue weighted by atomic mass is 19.4. The van der Waals surface area contributed by atoms with Crippen LogP contribution in [0.2, 0.25) is 0 Å². The summed E-state index contributed by atoms with van der Waals surface area (Å²) in [5.41, 5.74) is -0.145. The van der Waals surface area contributed by atoms with Crippen molar-refractivity contribution in [2.45, 2.75) is 25.1 Å². The van der Waals surface area contributed by atoms with Crippen molar-refractivity contribution >= 4 is 22.6 Å². The van der Waals surface area contributed by atoms with E-state index in [1.807, 2.05) is 5.32 Å². The van der Waals surface area contributed by atoms with Crippen molar-refractivity contribution in [1.82, 2.24) is 15.2 Å². The molecular formula is C17H16F3N3O3. The molecule has 1 aromatic carbocycles. The Hall–Kier alpha value is -2.84. The Labute approximate surface area is 146 Å². The van der Waals surface area contributed by atoms with E-state index in [-0.39, 0.29) is 24.1 Å². The highest BCUT2D eigenvalue weighted by molar-refractivity contribution is 6.07. The predicted molar refractivity (Wildman–Crippen MR) is 87.7 cm³/mol. The van der Waals surface area contributed by atoms with Crippen molar-refractivity contribution in [3.05, 3.63) is 46.4 Å². The maximum Gasteiger partial charge on any atom is 0.405 e. The maximum atomic E-state index is 12.9. The molecule has 1 atom stereocenters. The number of carbonyl (C=O) groups is 2. The molecule has 0 saturated carbocycles. The van der Waals surface area contributed by atoms with Crippen molar-refractivity contribution in [3.8, 4) is 0 Å². The van der Waals surface area contributed by atoms with Crippen LogP contribution < -0.4 is 10.9 Å². The van der Waals surface area contributed by atoms with Crippen molar-refractivity contribution in [2.75, 3.05) is 13.1 Å². The van der Waals surface area contributed by atoms with Gasteiger partial charge in [0, 0.05) is 23.5 Å².